The van der Waals surface area contributed by atoms with Gasteiger partial charge >= 0.3 is 0 Å². The van der Waals surface area contributed by atoms with E-state index in [1.54, 1.807) is 41.4 Å². The summed E-state index contributed by atoms with van der Waals surface area (Å²) in [7, 11) is 0. The number of thioether (sulfide) groups is 1. The van der Waals surface area contributed by atoms with Crippen LogP contribution >= 0.6 is 23.1 Å². The molecule has 118 valence electrons. The molecule has 0 bridgehead atoms. The summed E-state index contributed by atoms with van der Waals surface area (Å²) < 4.78 is 1.68. The van der Waals surface area contributed by atoms with Crippen molar-refractivity contribution < 1.29 is 4.79 Å². The zero-order valence-corrected chi connectivity index (χ0v) is 13.8. The third-order valence-corrected chi connectivity index (χ3v) is 4.77. The molecule has 1 N–H and O–H groups in total. The highest BCUT2D eigenvalue weighted by atomic mass is 32.2. The smallest absolute Gasteiger partial charge is 0.240 e. The Morgan fingerprint density at radius 2 is 2.22 bits per heavy atom. The summed E-state index contributed by atoms with van der Waals surface area (Å²) in [5, 5.41) is 16.5. The van der Waals surface area contributed by atoms with E-state index in [4.69, 9.17) is 0 Å². The Morgan fingerprint density at radius 3 is 2.96 bits per heavy atom. The Bertz CT molecular complexity index is 760. The topological polar surface area (TPSA) is 98.5 Å². The fourth-order valence-corrected chi connectivity index (χ4v) is 3.19. The quantitative estimate of drug-likeness (QED) is 0.677. The van der Waals surface area contributed by atoms with Crippen molar-refractivity contribution in [2.45, 2.75) is 23.9 Å². The highest BCUT2D eigenvalue weighted by molar-refractivity contribution is 8.00. The molecule has 0 fully saturated rings. The van der Waals surface area contributed by atoms with Crippen molar-refractivity contribution in [1.82, 2.24) is 30.2 Å². The molecule has 0 spiro atoms. The summed E-state index contributed by atoms with van der Waals surface area (Å²) in [6, 6.07) is 5.68. The van der Waals surface area contributed by atoms with Crippen LogP contribution in [-0.4, -0.2) is 41.3 Å². The molecule has 0 aliphatic rings. The molecule has 0 saturated carbocycles. The molecule has 3 aromatic rings. The lowest BCUT2D eigenvalue weighted by atomic mass is 10.4. The molecule has 3 heterocycles. The van der Waals surface area contributed by atoms with Gasteiger partial charge in [-0.1, -0.05) is 17.8 Å². The second-order valence-electron chi connectivity index (χ2n) is 4.52. The number of thiophene rings is 1. The molecule has 3 aromatic heterocycles. The number of anilines is 1. The minimum atomic E-state index is -0.383. The Kier molecular flexibility index (Phi) is 4.93. The molecule has 8 nitrogen and oxygen atoms in total. The van der Waals surface area contributed by atoms with Gasteiger partial charge in [0.15, 0.2) is 0 Å². The summed E-state index contributed by atoms with van der Waals surface area (Å²) in [6.07, 6.45) is 3.14. The first-order valence-electron chi connectivity index (χ1n) is 6.75. The van der Waals surface area contributed by atoms with Crippen molar-refractivity contribution in [3.05, 3.63) is 40.8 Å². The molecule has 0 aliphatic heterocycles. The van der Waals surface area contributed by atoms with Gasteiger partial charge in [0.25, 0.3) is 0 Å². The Labute approximate surface area is 140 Å². The van der Waals surface area contributed by atoms with Gasteiger partial charge in [0.05, 0.1) is 11.8 Å². The van der Waals surface area contributed by atoms with E-state index in [2.05, 4.69) is 30.8 Å². The van der Waals surface area contributed by atoms with Gasteiger partial charge in [-0.25, -0.2) is 14.6 Å². The number of carbonyl (C=O) groups excluding carboxylic acids is 1. The van der Waals surface area contributed by atoms with Crippen LogP contribution in [0.25, 0.3) is 0 Å². The molecule has 0 radical (unpaired) electrons. The summed E-state index contributed by atoms with van der Waals surface area (Å²) >= 11 is 2.93. The van der Waals surface area contributed by atoms with Crippen LogP contribution in [0.5, 0.6) is 0 Å². The maximum atomic E-state index is 12.2. The maximum Gasteiger partial charge on any atom is 0.240 e. The van der Waals surface area contributed by atoms with Gasteiger partial charge < -0.3 is 0 Å². The lowest BCUT2D eigenvalue weighted by molar-refractivity contribution is -0.115. The van der Waals surface area contributed by atoms with Crippen LogP contribution in [0, 0.1) is 0 Å². The molecule has 1 atom stereocenters. The molecule has 23 heavy (non-hydrogen) atoms. The van der Waals surface area contributed by atoms with Gasteiger partial charge in [-0.3, -0.25) is 10.1 Å². The number of aromatic nitrogens is 6. The fraction of sp³-hybridized carbons (Fsp3) is 0.231. The first kappa shape index (κ1) is 15.6. The Balaban J connectivity index is 1.62. The summed E-state index contributed by atoms with van der Waals surface area (Å²) in [6.45, 7) is 2.37. The van der Waals surface area contributed by atoms with Crippen LogP contribution in [0.3, 0.4) is 0 Å². The monoisotopic (exact) mass is 347 g/mol. The van der Waals surface area contributed by atoms with Crippen LogP contribution in [-0.2, 0) is 11.3 Å². The van der Waals surface area contributed by atoms with Gasteiger partial charge in [0.2, 0.25) is 17.0 Å². The minimum absolute atomic E-state index is 0.202. The lowest BCUT2D eigenvalue weighted by Gasteiger charge is -2.10. The Morgan fingerprint density at radius 1 is 1.39 bits per heavy atom. The van der Waals surface area contributed by atoms with Crippen LogP contribution < -0.4 is 5.32 Å². The second-order valence-corrected chi connectivity index (χ2v) is 6.86. The van der Waals surface area contributed by atoms with Crippen molar-refractivity contribution in [1.29, 1.82) is 0 Å². The number of hydrogen-bond donors (Lipinski definition) is 1. The van der Waals surface area contributed by atoms with Gasteiger partial charge in [-0.05, 0) is 34.9 Å². The number of carbonyl (C=O) groups is 1. The van der Waals surface area contributed by atoms with Gasteiger partial charge in [-0.2, -0.15) is 0 Å². The summed E-state index contributed by atoms with van der Waals surface area (Å²) in [5.74, 6) is 0.0787. The average molecular weight is 347 g/mol. The zero-order valence-electron chi connectivity index (χ0n) is 12.2. The molecule has 1 unspecified atom stereocenters. The summed E-state index contributed by atoms with van der Waals surface area (Å²) in [5.41, 5.74) is 0. The van der Waals surface area contributed by atoms with Crippen molar-refractivity contribution >= 4 is 35.0 Å². The van der Waals surface area contributed by atoms with Gasteiger partial charge in [-0.15, -0.1) is 16.4 Å². The third kappa shape index (κ3) is 4.11. The molecule has 0 saturated heterocycles. The van der Waals surface area contributed by atoms with E-state index in [1.165, 1.54) is 11.8 Å². The van der Waals surface area contributed by atoms with Crippen molar-refractivity contribution in [2.75, 3.05) is 5.32 Å². The zero-order chi connectivity index (χ0) is 16.1. The molecular weight excluding hydrogens is 334 g/mol. The standard InChI is InChI=1S/C13H13N7OS2/c1-9(11(21)16-12-14-5-3-6-15-12)23-13-17-18-19-20(13)8-10-4-2-7-22-10/h2-7,9H,8H2,1H3,(H,14,15,16,21). The lowest BCUT2D eigenvalue weighted by Crippen LogP contribution is -2.24. The average Bonchev–Trinajstić information content (AvgIpc) is 3.21. The molecule has 0 aromatic carbocycles. The number of nitrogens with one attached hydrogen (secondary N) is 1. The Hall–Kier alpha value is -2.33. The fourth-order valence-electron chi connectivity index (χ4n) is 1.72. The molecular formula is C13H13N7OS2. The van der Waals surface area contributed by atoms with Crippen LogP contribution in [0.15, 0.2) is 41.1 Å². The second kappa shape index (κ2) is 7.29. The van der Waals surface area contributed by atoms with Crippen molar-refractivity contribution in [3.63, 3.8) is 0 Å². The van der Waals surface area contributed by atoms with Crippen molar-refractivity contribution in [3.8, 4) is 0 Å². The van der Waals surface area contributed by atoms with E-state index >= 15 is 0 Å². The number of nitrogens with zero attached hydrogens (tertiary/aromatic N) is 6. The molecule has 3 rings (SSSR count). The molecule has 0 aliphatic carbocycles. The SMILES string of the molecule is CC(Sc1nnnn1Cc1cccs1)C(=O)Nc1ncccn1. The number of hydrogen-bond acceptors (Lipinski definition) is 8. The van der Waals surface area contributed by atoms with E-state index < -0.39 is 0 Å². The van der Waals surface area contributed by atoms with E-state index in [0.717, 1.165) is 4.88 Å². The molecule has 10 heteroatoms. The van der Waals surface area contributed by atoms with Crippen LogP contribution in [0.2, 0.25) is 0 Å². The van der Waals surface area contributed by atoms with E-state index in [1.807, 2.05) is 17.5 Å². The van der Waals surface area contributed by atoms with Gasteiger partial charge in [0, 0.05) is 17.3 Å². The van der Waals surface area contributed by atoms with E-state index in [-0.39, 0.29) is 17.1 Å². The van der Waals surface area contributed by atoms with Crippen molar-refractivity contribution in [2.24, 2.45) is 0 Å². The molecule has 1 amide bonds. The highest BCUT2D eigenvalue weighted by Gasteiger charge is 2.19. The van der Waals surface area contributed by atoms with Crippen LogP contribution in [0.4, 0.5) is 5.95 Å². The third-order valence-electron chi connectivity index (χ3n) is 2.84. The van der Waals surface area contributed by atoms with Gasteiger partial charge in [0.1, 0.15) is 0 Å². The predicted octanol–water partition coefficient (Wildman–Crippen LogP) is 1.69. The van der Waals surface area contributed by atoms with E-state index in [0.29, 0.717) is 11.7 Å². The normalized spacial score (nSPS) is 12.0. The maximum absolute atomic E-state index is 12.2. The number of rotatable bonds is 6. The minimum Gasteiger partial charge on any atom is -0.294 e. The highest BCUT2D eigenvalue weighted by Crippen LogP contribution is 2.22. The number of amides is 1. The summed E-state index contributed by atoms with van der Waals surface area (Å²) in [4.78, 5) is 21.3. The van der Waals surface area contributed by atoms with E-state index in [9.17, 15) is 4.79 Å². The number of tetrazole rings is 1. The van der Waals surface area contributed by atoms with Crippen LogP contribution in [0.1, 0.15) is 11.8 Å². The largest absolute Gasteiger partial charge is 0.294 e. The first-order chi connectivity index (χ1) is 11.2. The predicted molar refractivity (Wildman–Crippen MR) is 87.2 cm³/mol. The first-order valence-corrected chi connectivity index (χ1v) is 8.51.